The van der Waals surface area contributed by atoms with Gasteiger partial charge in [-0.1, -0.05) is 0 Å². The second-order valence-electron chi connectivity index (χ2n) is 3.21. The minimum Gasteiger partial charge on any atom is -0.388 e. The van der Waals surface area contributed by atoms with Crippen molar-refractivity contribution in [2.24, 2.45) is 5.73 Å². The first-order valence-corrected chi connectivity index (χ1v) is 4.26. The van der Waals surface area contributed by atoms with Gasteiger partial charge in [0, 0.05) is 14.2 Å². The van der Waals surface area contributed by atoms with Gasteiger partial charge in [0.05, 0.1) is 12.1 Å². The third-order valence-corrected chi connectivity index (χ3v) is 2.39. The van der Waals surface area contributed by atoms with E-state index in [1.807, 2.05) is 0 Å². The van der Waals surface area contributed by atoms with E-state index < -0.39 is 24.5 Å². The highest BCUT2D eigenvalue weighted by molar-refractivity contribution is 4.90. The molecule has 13 heavy (non-hydrogen) atoms. The predicted molar refractivity (Wildman–Crippen MR) is 46.1 cm³/mol. The molecule has 0 aromatic rings. The lowest BCUT2D eigenvalue weighted by Crippen LogP contribution is -2.61. The lowest BCUT2D eigenvalue weighted by molar-refractivity contribution is -0.266. The van der Waals surface area contributed by atoms with Crippen LogP contribution >= 0.6 is 0 Å². The zero-order chi connectivity index (χ0) is 10.0. The summed E-state index contributed by atoms with van der Waals surface area (Å²) in [5.41, 5.74) is 5.69. The van der Waals surface area contributed by atoms with Gasteiger partial charge >= 0.3 is 0 Å². The fraction of sp³-hybridized carbons (Fsp3) is 1.00. The normalized spacial score (nSPS) is 46.4. The summed E-state index contributed by atoms with van der Waals surface area (Å²) in [5, 5.41) is 9.70. The second-order valence-corrected chi connectivity index (χ2v) is 3.21. The maximum absolute atomic E-state index is 9.70. The number of nitrogens with two attached hydrogens (primary N) is 1. The molecule has 5 heteroatoms. The number of rotatable bonds is 2. The maximum Gasteiger partial charge on any atom is 0.186 e. The molecule has 0 spiro atoms. The Morgan fingerprint density at radius 2 is 1.92 bits per heavy atom. The van der Waals surface area contributed by atoms with Crippen molar-refractivity contribution in [3.05, 3.63) is 0 Å². The molecule has 3 N–H and O–H groups in total. The standard InChI is InChI=1S/C8H17NO4/c1-4-5(9)6(10)7(11-2)8(12-3)13-4/h4-8,10H,9H2,1-3H3/t4-,5-,6+,7-,8+/m1/s1. The largest absolute Gasteiger partial charge is 0.388 e. The van der Waals surface area contributed by atoms with Crippen LogP contribution in [0.25, 0.3) is 0 Å². The molecule has 1 fully saturated rings. The number of ether oxygens (including phenoxy) is 3. The summed E-state index contributed by atoms with van der Waals surface area (Å²) in [7, 11) is 3.00. The smallest absolute Gasteiger partial charge is 0.186 e. The second kappa shape index (κ2) is 4.34. The van der Waals surface area contributed by atoms with Crippen LogP contribution in [0.5, 0.6) is 0 Å². The molecule has 0 aromatic heterocycles. The van der Waals surface area contributed by atoms with Crippen LogP contribution in [0.1, 0.15) is 6.92 Å². The molecular formula is C8H17NO4. The molecule has 1 rings (SSSR count). The van der Waals surface area contributed by atoms with E-state index >= 15 is 0 Å². The third-order valence-electron chi connectivity index (χ3n) is 2.39. The molecule has 1 saturated heterocycles. The minimum absolute atomic E-state index is 0.230. The van der Waals surface area contributed by atoms with Crippen LogP contribution in [0.4, 0.5) is 0 Å². The highest BCUT2D eigenvalue weighted by Gasteiger charge is 2.42. The Bertz CT molecular complexity index is 164. The summed E-state index contributed by atoms with van der Waals surface area (Å²) in [5.74, 6) is 0. The third kappa shape index (κ3) is 2.00. The van der Waals surface area contributed by atoms with Crippen molar-refractivity contribution >= 4 is 0 Å². The summed E-state index contributed by atoms with van der Waals surface area (Å²) in [6.45, 7) is 1.80. The average Bonchev–Trinajstić information content (AvgIpc) is 2.13. The molecule has 0 aromatic carbocycles. The van der Waals surface area contributed by atoms with Gasteiger partial charge in [0.25, 0.3) is 0 Å². The molecule has 0 amide bonds. The Hall–Kier alpha value is -0.200. The summed E-state index contributed by atoms with van der Waals surface area (Å²) in [6, 6.07) is -0.434. The number of methoxy groups -OCH3 is 2. The van der Waals surface area contributed by atoms with Crippen molar-refractivity contribution in [3.63, 3.8) is 0 Å². The van der Waals surface area contributed by atoms with Crippen LogP contribution in [0, 0.1) is 0 Å². The van der Waals surface area contributed by atoms with Crippen LogP contribution in [0.2, 0.25) is 0 Å². The monoisotopic (exact) mass is 191 g/mol. The van der Waals surface area contributed by atoms with Gasteiger partial charge in [0.15, 0.2) is 6.29 Å². The van der Waals surface area contributed by atoms with Gasteiger partial charge in [-0.05, 0) is 6.92 Å². The highest BCUT2D eigenvalue weighted by atomic mass is 16.7. The maximum atomic E-state index is 9.70. The van der Waals surface area contributed by atoms with Crippen molar-refractivity contribution in [2.45, 2.75) is 37.6 Å². The molecule has 5 nitrogen and oxygen atoms in total. The molecule has 1 heterocycles. The van der Waals surface area contributed by atoms with Crippen molar-refractivity contribution in [3.8, 4) is 0 Å². The Kier molecular flexibility index (Phi) is 3.63. The predicted octanol–water partition coefficient (Wildman–Crippen LogP) is -0.919. The van der Waals surface area contributed by atoms with E-state index in [0.717, 1.165) is 0 Å². The topological polar surface area (TPSA) is 73.9 Å². The van der Waals surface area contributed by atoms with E-state index in [1.54, 1.807) is 6.92 Å². The Morgan fingerprint density at radius 3 is 2.38 bits per heavy atom. The van der Waals surface area contributed by atoms with Crippen molar-refractivity contribution in [1.82, 2.24) is 0 Å². The van der Waals surface area contributed by atoms with Crippen LogP contribution in [-0.4, -0.2) is 50.0 Å². The summed E-state index contributed by atoms with van der Waals surface area (Å²) in [4.78, 5) is 0. The Labute approximate surface area is 77.8 Å². The molecule has 1 aliphatic rings. The SMILES string of the molecule is CO[C@H]1O[C@H](C)[C@@H](N)[C@H](O)[C@H]1OC. The van der Waals surface area contributed by atoms with Gasteiger partial charge < -0.3 is 25.1 Å². The summed E-state index contributed by atoms with van der Waals surface area (Å²) >= 11 is 0. The van der Waals surface area contributed by atoms with Crippen LogP contribution < -0.4 is 5.73 Å². The fourth-order valence-electron chi connectivity index (χ4n) is 1.48. The van der Waals surface area contributed by atoms with Crippen LogP contribution in [0.15, 0.2) is 0 Å². The van der Waals surface area contributed by atoms with E-state index in [2.05, 4.69) is 0 Å². The van der Waals surface area contributed by atoms with E-state index in [1.165, 1.54) is 14.2 Å². The molecule has 78 valence electrons. The summed E-state index contributed by atoms with van der Waals surface area (Å²) < 4.78 is 15.5. The zero-order valence-electron chi connectivity index (χ0n) is 8.14. The molecule has 0 radical (unpaired) electrons. The first kappa shape index (κ1) is 10.9. The highest BCUT2D eigenvalue weighted by Crippen LogP contribution is 2.21. The molecule has 0 saturated carbocycles. The van der Waals surface area contributed by atoms with Crippen LogP contribution in [-0.2, 0) is 14.2 Å². The molecule has 5 atom stereocenters. The van der Waals surface area contributed by atoms with E-state index in [9.17, 15) is 5.11 Å². The van der Waals surface area contributed by atoms with Crippen LogP contribution in [0.3, 0.4) is 0 Å². The van der Waals surface area contributed by atoms with Crippen molar-refractivity contribution < 1.29 is 19.3 Å². The number of hydrogen-bond acceptors (Lipinski definition) is 5. The molecule has 0 bridgehead atoms. The van der Waals surface area contributed by atoms with Gasteiger partial charge in [-0.15, -0.1) is 0 Å². The fourth-order valence-corrected chi connectivity index (χ4v) is 1.48. The van der Waals surface area contributed by atoms with Gasteiger partial charge in [-0.2, -0.15) is 0 Å². The molecular weight excluding hydrogens is 174 g/mol. The summed E-state index contributed by atoms with van der Waals surface area (Å²) in [6.07, 6.45) is -2.05. The van der Waals surface area contributed by atoms with E-state index in [-0.39, 0.29) is 6.10 Å². The first-order chi connectivity index (χ1) is 6.11. The van der Waals surface area contributed by atoms with Gasteiger partial charge in [0.1, 0.15) is 12.2 Å². The lowest BCUT2D eigenvalue weighted by atomic mass is 9.98. The van der Waals surface area contributed by atoms with Crippen molar-refractivity contribution in [2.75, 3.05) is 14.2 Å². The van der Waals surface area contributed by atoms with E-state index in [0.29, 0.717) is 0 Å². The van der Waals surface area contributed by atoms with Crippen molar-refractivity contribution in [1.29, 1.82) is 0 Å². The van der Waals surface area contributed by atoms with E-state index in [4.69, 9.17) is 19.9 Å². The average molecular weight is 191 g/mol. The minimum atomic E-state index is -0.751. The Balaban J connectivity index is 2.69. The zero-order valence-corrected chi connectivity index (χ0v) is 8.14. The molecule has 0 unspecified atom stereocenters. The quantitative estimate of drug-likeness (QED) is 0.590. The Morgan fingerprint density at radius 1 is 1.31 bits per heavy atom. The van der Waals surface area contributed by atoms with Gasteiger partial charge in [0.2, 0.25) is 0 Å². The number of hydrogen-bond donors (Lipinski definition) is 2. The number of aliphatic hydroxyl groups excluding tert-OH is 1. The van der Waals surface area contributed by atoms with Gasteiger partial charge in [-0.3, -0.25) is 0 Å². The number of aliphatic hydroxyl groups is 1. The lowest BCUT2D eigenvalue weighted by Gasteiger charge is -2.40. The van der Waals surface area contributed by atoms with Gasteiger partial charge in [-0.25, -0.2) is 0 Å². The molecule has 1 aliphatic heterocycles. The first-order valence-electron chi connectivity index (χ1n) is 4.26. The molecule has 0 aliphatic carbocycles.